The molecule has 0 saturated carbocycles. The van der Waals surface area contributed by atoms with E-state index < -0.39 is 12.0 Å². The van der Waals surface area contributed by atoms with E-state index in [2.05, 4.69) is 0 Å². The molecule has 1 aliphatic heterocycles. The molecule has 2 rings (SSSR count). The second-order valence-corrected chi connectivity index (χ2v) is 5.15. The predicted octanol–water partition coefficient (Wildman–Crippen LogP) is 1.39. The van der Waals surface area contributed by atoms with Crippen LogP contribution in [-0.2, 0) is 22.6 Å². The molecule has 1 aromatic rings. The van der Waals surface area contributed by atoms with E-state index >= 15 is 0 Å². The van der Waals surface area contributed by atoms with Crippen LogP contribution >= 0.6 is 11.8 Å². The first-order valence-corrected chi connectivity index (χ1v) is 7.11. The van der Waals surface area contributed by atoms with Crippen molar-refractivity contribution in [2.45, 2.75) is 19.0 Å². The summed E-state index contributed by atoms with van der Waals surface area (Å²) in [6.45, 7) is 0.395. The van der Waals surface area contributed by atoms with Crippen LogP contribution in [0.2, 0.25) is 0 Å². The summed E-state index contributed by atoms with van der Waals surface area (Å²) >= 11 is 1.41. The largest absolute Gasteiger partial charge is 0.480 e. The Morgan fingerprint density at radius 2 is 2.06 bits per heavy atom. The number of aliphatic carboxylic acids is 1. The highest BCUT2D eigenvalue weighted by Crippen LogP contribution is 2.24. The standard InChI is InChI=1S/C13H15NO3S/c1-18-8-12(15)14-7-10-5-3-2-4-9(10)6-11(14)13(16)17/h2-5,11H,6-8H2,1H3,(H,16,17)/t11-/m0/s1. The number of benzene rings is 1. The minimum absolute atomic E-state index is 0.107. The van der Waals surface area contributed by atoms with Crippen LogP contribution in [0.5, 0.6) is 0 Å². The number of carbonyl (C=O) groups is 2. The molecule has 0 bridgehead atoms. The number of amides is 1. The van der Waals surface area contributed by atoms with Crippen molar-refractivity contribution in [1.82, 2.24) is 4.90 Å². The highest BCUT2D eigenvalue weighted by Gasteiger charge is 2.33. The van der Waals surface area contributed by atoms with Crippen molar-refractivity contribution in [1.29, 1.82) is 0 Å². The topological polar surface area (TPSA) is 57.6 Å². The van der Waals surface area contributed by atoms with E-state index in [9.17, 15) is 14.7 Å². The lowest BCUT2D eigenvalue weighted by atomic mass is 9.94. The minimum Gasteiger partial charge on any atom is -0.480 e. The molecule has 0 saturated heterocycles. The van der Waals surface area contributed by atoms with Gasteiger partial charge in [0.1, 0.15) is 6.04 Å². The number of carbonyl (C=O) groups excluding carboxylic acids is 1. The Kier molecular flexibility index (Phi) is 3.91. The minimum atomic E-state index is -0.932. The Hall–Kier alpha value is -1.49. The molecule has 0 aromatic heterocycles. The Labute approximate surface area is 110 Å². The molecule has 96 valence electrons. The maximum Gasteiger partial charge on any atom is 0.326 e. The lowest BCUT2D eigenvalue weighted by molar-refractivity contribution is -0.150. The molecule has 1 atom stereocenters. The van der Waals surface area contributed by atoms with E-state index in [1.165, 1.54) is 16.7 Å². The normalized spacial score (nSPS) is 18.3. The zero-order chi connectivity index (χ0) is 13.1. The predicted molar refractivity (Wildman–Crippen MR) is 70.5 cm³/mol. The van der Waals surface area contributed by atoms with E-state index in [4.69, 9.17) is 0 Å². The number of hydrogen-bond donors (Lipinski definition) is 1. The zero-order valence-electron chi connectivity index (χ0n) is 10.1. The summed E-state index contributed by atoms with van der Waals surface area (Å²) in [7, 11) is 0. The van der Waals surface area contributed by atoms with E-state index in [0.717, 1.165) is 11.1 Å². The summed E-state index contributed by atoms with van der Waals surface area (Å²) in [6, 6.07) is 6.96. The van der Waals surface area contributed by atoms with Crippen molar-refractivity contribution in [3.8, 4) is 0 Å². The molecule has 0 spiro atoms. The fourth-order valence-corrected chi connectivity index (χ4v) is 2.62. The summed E-state index contributed by atoms with van der Waals surface area (Å²) in [6.07, 6.45) is 2.23. The van der Waals surface area contributed by atoms with E-state index in [-0.39, 0.29) is 5.91 Å². The van der Waals surface area contributed by atoms with Crippen LogP contribution in [0, 0.1) is 0 Å². The lowest BCUT2D eigenvalue weighted by Crippen LogP contribution is -2.49. The van der Waals surface area contributed by atoms with Gasteiger partial charge in [-0.25, -0.2) is 4.79 Å². The summed E-state index contributed by atoms with van der Waals surface area (Å²) in [5.41, 5.74) is 2.07. The molecule has 1 N–H and O–H groups in total. The van der Waals surface area contributed by atoms with Crippen molar-refractivity contribution in [2.24, 2.45) is 0 Å². The molecule has 4 nitrogen and oxygen atoms in total. The maximum atomic E-state index is 12.0. The van der Waals surface area contributed by atoms with Crippen LogP contribution in [0.3, 0.4) is 0 Å². The van der Waals surface area contributed by atoms with Gasteiger partial charge in [-0.15, -0.1) is 0 Å². The second-order valence-electron chi connectivity index (χ2n) is 4.28. The van der Waals surface area contributed by atoms with Crippen molar-refractivity contribution >= 4 is 23.6 Å². The summed E-state index contributed by atoms with van der Waals surface area (Å²) in [5.74, 6) is -0.713. The van der Waals surface area contributed by atoms with Gasteiger partial charge in [0.25, 0.3) is 0 Å². The Balaban J connectivity index is 2.28. The molecule has 1 amide bonds. The van der Waals surface area contributed by atoms with Crippen LogP contribution in [0.4, 0.5) is 0 Å². The molecule has 1 aromatic carbocycles. The van der Waals surface area contributed by atoms with Gasteiger partial charge in [-0.3, -0.25) is 4.79 Å². The van der Waals surface area contributed by atoms with Crippen LogP contribution in [-0.4, -0.2) is 39.9 Å². The Bertz CT molecular complexity index is 475. The van der Waals surface area contributed by atoms with Crippen molar-refractivity contribution in [3.05, 3.63) is 35.4 Å². The molecular weight excluding hydrogens is 250 g/mol. The van der Waals surface area contributed by atoms with Gasteiger partial charge < -0.3 is 10.0 Å². The summed E-state index contributed by atoms with van der Waals surface area (Å²) < 4.78 is 0. The van der Waals surface area contributed by atoms with Crippen molar-refractivity contribution < 1.29 is 14.7 Å². The fourth-order valence-electron chi connectivity index (χ4n) is 2.21. The monoisotopic (exact) mass is 265 g/mol. The van der Waals surface area contributed by atoms with E-state index in [1.54, 1.807) is 0 Å². The molecule has 0 aliphatic carbocycles. The number of carboxylic acid groups (broad SMARTS) is 1. The van der Waals surface area contributed by atoms with Gasteiger partial charge in [0, 0.05) is 13.0 Å². The SMILES string of the molecule is CSCC(=O)N1Cc2ccccc2C[C@H]1C(=O)O. The molecule has 18 heavy (non-hydrogen) atoms. The average molecular weight is 265 g/mol. The highest BCUT2D eigenvalue weighted by atomic mass is 32.2. The average Bonchev–Trinajstić information content (AvgIpc) is 2.37. The Morgan fingerprint density at radius 1 is 1.39 bits per heavy atom. The lowest BCUT2D eigenvalue weighted by Gasteiger charge is -2.34. The number of nitrogens with zero attached hydrogens (tertiary/aromatic N) is 1. The first-order valence-electron chi connectivity index (χ1n) is 5.71. The quantitative estimate of drug-likeness (QED) is 0.897. The molecular formula is C13H15NO3S. The smallest absolute Gasteiger partial charge is 0.326 e. The number of hydrogen-bond acceptors (Lipinski definition) is 3. The van der Waals surface area contributed by atoms with Gasteiger partial charge in [0.15, 0.2) is 0 Å². The van der Waals surface area contributed by atoms with Crippen LogP contribution in [0.25, 0.3) is 0 Å². The molecule has 0 fully saturated rings. The summed E-state index contributed by atoms with van der Waals surface area (Å²) in [4.78, 5) is 24.7. The van der Waals surface area contributed by atoms with Crippen molar-refractivity contribution in [3.63, 3.8) is 0 Å². The first kappa shape index (κ1) is 13.0. The number of carboxylic acids is 1. The number of fused-ring (bicyclic) bond motifs is 1. The third-order valence-corrected chi connectivity index (χ3v) is 3.66. The molecule has 0 radical (unpaired) electrons. The molecule has 5 heteroatoms. The molecule has 1 heterocycles. The zero-order valence-corrected chi connectivity index (χ0v) is 10.9. The number of rotatable bonds is 3. The van der Waals surface area contributed by atoms with Gasteiger partial charge in [-0.1, -0.05) is 24.3 Å². The second kappa shape index (κ2) is 5.44. The van der Waals surface area contributed by atoms with Crippen molar-refractivity contribution in [2.75, 3.05) is 12.0 Å². The number of thioether (sulfide) groups is 1. The van der Waals surface area contributed by atoms with Gasteiger partial charge >= 0.3 is 5.97 Å². The van der Waals surface area contributed by atoms with Crippen LogP contribution in [0.1, 0.15) is 11.1 Å². The third-order valence-electron chi connectivity index (χ3n) is 3.12. The summed E-state index contributed by atoms with van der Waals surface area (Å²) in [5, 5.41) is 9.25. The fraction of sp³-hybridized carbons (Fsp3) is 0.385. The van der Waals surface area contributed by atoms with Gasteiger partial charge in [0.05, 0.1) is 5.75 Å². The highest BCUT2D eigenvalue weighted by molar-refractivity contribution is 7.99. The molecule has 0 unspecified atom stereocenters. The van der Waals surface area contributed by atoms with E-state index in [1.807, 2.05) is 30.5 Å². The maximum absolute atomic E-state index is 12.0. The Morgan fingerprint density at radius 3 is 2.67 bits per heavy atom. The molecule has 1 aliphatic rings. The van der Waals surface area contributed by atoms with Crippen LogP contribution in [0.15, 0.2) is 24.3 Å². The van der Waals surface area contributed by atoms with Gasteiger partial charge in [0.2, 0.25) is 5.91 Å². The van der Waals surface area contributed by atoms with Gasteiger partial charge in [-0.2, -0.15) is 11.8 Å². The first-order chi connectivity index (χ1) is 8.63. The third kappa shape index (κ3) is 2.51. The van der Waals surface area contributed by atoms with E-state index in [0.29, 0.717) is 18.7 Å². The van der Waals surface area contributed by atoms with Crippen LogP contribution < -0.4 is 0 Å². The van der Waals surface area contributed by atoms with Gasteiger partial charge in [-0.05, 0) is 17.4 Å².